The second-order valence-electron chi connectivity index (χ2n) is 12.1. The van der Waals surface area contributed by atoms with Crippen LogP contribution in [0.4, 0.5) is 0 Å². The zero-order valence-electron chi connectivity index (χ0n) is 28.2. The van der Waals surface area contributed by atoms with Gasteiger partial charge in [-0.05, 0) is 16.7 Å². The molecule has 5 rings (SSSR count). The highest BCUT2D eigenvalue weighted by atomic mass is 16.8. The predicted molar refractivity (Wildman–Crippen MR) is 179 cm³/mol. The Balaban J connectivity index is 1.50. The Bertz CT molecular complexity index is 1380. The van der Waals surface area contributed by atoms with Crippen molar-refractivity contribution in [3.8, 4) is 0 Å². The molecule has 3 aromatic carbocycles. The average molecular weight is 681 g/mol. The van der Waals surface area contributed by atoms with Crippen molar-refractivity contribution in [2.75, 3.05) is 34.5 Å². The molecular formula is C38H48O11. The van der Waals surface area contributed by atoms with Gasteiger partial charge < -0.3 is 52.8 Å². The van der Waals surface area contributed by atoms with Gasteiger partial charge in [0.25, 0.3) is 0 Å². The minimum Gasteiger partial charge on any atom is -0.393 e. The number of ether oxygens (including phenoxy) is 9. The number of hydrogen-bond acceptors (Lipinski definition) is 11. The number of hydrogen-bond donors (Lipinski definition) is 2. The lowest BCUT2D eigenvalue weighted by Gasteiger charge is -2.51. The van der Waals surface area contributed by atoms with Crippen molar-refractivity contribution in [1.29, 1.82) is 0 Å². The third-order valence-electron chi connectivity index (χ3n) is 8.96. The van der Waals surface area contributed by atoms with E-state index in [-0.39, 0.29) is 19.8 Å². The fourth-order valence-corrected chi connectivity index (χ4v) is 6.23. The minimum absolute atomic E-state index is 0.101. The monoisotopic (exact) mass is 680 g/mol. The van der Waals surface area contributed by atoms with Crippen LogP contribution >= 0.6 is 0 Å². The summed E-state index contributed by atoms with van der Waals surface area (Å²) in [5.41, 5.74) is 1.28. The predicted octanol–water partition coefficient (Wildman–Crippen LogP) is 3.79. The molecule has 2 N–H and O–H groups in total. The van der Waals surface area contributed by atoms with Gasteiger partial charge in [0.1, 0.15) is 48.3 Å². The van der Waals surface area contributed by atoms with Gasteiger partial charge in [-0.2, -0.15) is 0 Å². The number of methoxy groups -OCH3 is 3. The Morgan fingerprint density at radius 2 is 1.20 bits per heavy atom. The molecule has 0 radical (unpaired) electrons. The number of rotatable bonds is 17. The molecule has 0 saturated carbocycles. The lowest BCUT2D eigenvalue weighted by Crippen LogP contribution is -2.69. The van der Waals surface area contributed by atoms with E-state index < -0.39 is 67.5 Å². The first kappa shape index (κ1) is 37.2. The molecule has 2 aliphatic rings. The van der Waals surface area contributed by atoms with Crippen molar-refractivity contribution in [3.63, 3.8) is 0 Å². The van der Waals surface area contributed by atoms with Gasteiger partial charge in [-0.3, -0.25) is 0 Å². The molecule has 2 heterocycles. The van der Waals surface area contributed by atoms with Gasteiger partial charge in [-0.25, -0.2) is 0 Å². The van der Waals surface area contributed by atoms with Gasteiger partial charge >= 0.3 is 0 Å². The van der Waals surface area contributed by atoms with Crippen molar-refractivity contribution < 1.29 is 52.8 Å². The zero-order valence-corrected chi connectivity index (χ0v) is 28.2. The fraction of sp³-hybridized carbons (Fsp3) is 0.474. The third-order valence-corrected chi connectivity index (χ3v) is 8.96. The van der Waals surface area contributed by atoms with E-state index in [0.717, 1.165) is 16.7 Å². The van der Waals surface area contributed by atoms with Gasteiger partial charge in [-0.15, -0.1) is 6.58 Å². The first-order valence-corrected chi connectivity index (χ1v) is 16.4. The van der Waals surface area contributed by atoms with E-state index in [1.807, 2.05) is 91.0 Å². The molecule has 0 aromatic heterocycles. The molecule has 0 unspecified atom stereocenters. The lowest BCUT2D eigenvalue weighted by atomic mass is 9.87. The second kappa shape index (κ2) is 18.3. The van der Waals surface area contributed by atoms with Crippen molar-refractivity contribution in [2.45, 2.75) is 80.7 Å². The van der Waals surface area contributed by atoms with E-state index in [2.05, 4.69) is 6.58 Å². The van der Waals surface area contributed by atoms with Crippen LogP contribution in [0.25, 0.3) is 0 Å². The maximum absolute atomic E-state index is 11.2. The summed E-state index contributed by atoms with van der Waals surface area (Å²) in [6.45, 7) is 4.16. The Morgan fingerprint density at radius 3 is 1.69 bits per heavy atom. The summed E-state index contributed by atoms with van der Waals surface area (Å²) in [5, 5.41) is 21.6. The van der Waals surface area contributed by atoms with Crippen LogP contribution in [0.3, 0.4) is 0 Å². The first-order chi connectivity index (χ1) is 24.0. The molecule has 0 amide bonds. The summed E-state index contributed by atoms with van der Waals surface area (Å²) in [5.74, 6) is 0. The standard InChI is InChI=1S/C38H48O11/c1-5-38(25-39)35(40)32(41-2)33(42-3)37(49-38)48-30-29(24-44-21-26-15-9-6-10-16-26)47-36(43-4)34(46-23-28-19-13-8-14-20-28)31(30)45-22-27-17-11-7-12-18-27/h5-20,29-37,39-40H,1,21-25H2,2-4H3/t29-,30-,31+,32-,33-,34-,35+,36+,37-,38-/m1/s1. The fourth-order valence-electron chi connectivity index (χ4n) is 6.23. The van der Waals surface area contributed by atoms with Crippen molar-refractivity contribution in [2.24, 2.45) is 0 Å². The normalized spacial score (nSPS) is 31.7. The zero-order chi connectivity index (χ0) is 34.6. The smallest absolute Gasteiger partial charge is 0.188 e. The molecule has 0 bridgehead atoms. The summed E-state index contributed by atoms with van der Waals surface area (Å²) in [6, 6.07) is 29.3. The summed E-state index contributed by atoms with van der Waals surface area (Å²) in [7, 11) is 4.47. The topological polar surface area (TPSA) is 124 Å². The van der Waals surface area contributed by atoms with E-state index in [4.69, 9.17) is 42.6 Å². The summed E-state index contributed by atoms with van der Waals surface area (Å²) in [6.07, 6.45) is -7.01. The van der Waals surface area contributed by atoms with Crippen LogP contribution in [0.5, 0.6) is 0 Å². The highest BCUT2D eigenvalue weighted by Crippen LogP contribution is 2.38. The van der Waals surface area contributed by atoms with Crippen LogP contribution in [-0.2, 0) is 62.5 Å². The van der Waals surface area contributed by atoms with Gasteiger partial charge in [0.05, 0.1) is 33.0 Å². The average Bonchev–Trinajstić information content (AvgIpc) is 3.15. The SMILES string of the molecule is C=C[C@]1(CO)O[C@@H](O[C@H]2[C@H](OCc3ccccc3)[C@@H](OCc3ccccc3)[C@@H](OC)O[C@@H]2COCc2ccccc2)[C@H](OC)[C@@H](OC)[C@@H]1O. The van der Waals surface area contributed by atoms with Crippen LogP contribution in [0, 0.1) is 0 Å². The van der Waals surface area contributed by atoms with E-state index in [0.29, 0.717) is 6.61 Å². The lowest BCUT2D eigenvalue weighted by molar-refractivity contribution is -0.379. The van der Waals surface area contributed by atoms with Gasteiger partial charge in [0.15, 0.2) is 12.6 Å². The molecule has 2 saturated heterocycles. The molecule has 0 aliphatic carbocycles. The summed E-state index contributed by atoms with van der Waals surface area (Å²) >= 11 is 0. The van der Waals surface area contributed by atoms with Crippen LogP contribution in [0.15, 0.2) is 104 Å². The van der Waals surface area contributed by atoms with Gasteiger partial charge in [-0.1, -0.05) is 97.1 Å². The first-order valence-electron chi connectivity index (χ1n) is 16.4. The van der Waals surface area contributed by atoms with E-state index >= 15 is 0 Å². The largest absolute Gasteiger partial charge is 0.393 e. The van der Waals surface area contributed by atoms with E-state index in [1.54, 1.807) is 7.11 Å². The van der Waals surface area contributed by atoms with Crippen molar-refractivity contribution >= 4 is 0 Å². The number of aliphatic hydroxyl groups excluding tert-OH is 2. The molecule has 10 atom stereocenters. The van der Waals surface area contributed by atoms with Crippen molar-refractivity contribution in [1.82, 2.24) is 0 Å². The Labute approximate surface area is 288 Å². The Hall–Kier alpha value is -3.04. The van der Waals surface area contributed by atoms with Gasteiger partial charge in [0, 0.05) is 21.3 Å². The molecular weight excluding hydrogens is 632 g/mol. The Kier molecular flexibility index (Phi) is 13.9. The third kappa shape index (κ3) is 9.01. The highest BCUT2D eigenvalue weighted by Gasteiger charge is 2.57. The molecule has 266 valence electrons. The summed E-state index contributed by atoms with van der Waals surface area (Å²) < 4.78 is 56.4. The minimum atomic E-state index is -1.60. The molecule has 3 aromatic rings. The van der Waals surface area contributed by atoms with Gasteiger partial charge in [0.2, 0.25) is 0 Å². The number of aliphatic hydroxyl groups is 2. The quantitative estimate of drug-likeness (QED) is 0.203. The second-order valence-corrected chi connectivity index (χ2v) is 12.1. The van der Waals surface area contributed by atoms with E-state index in [1.165, 1.54) is 20.3 Å². The highest BCUT2D eigenvalue weighted by molar-refractivity contribution is 5.16. The maximum Gasteiger partial charge on any atom is 0.188 e. The maximum atomic E-state index is 11.2. The molecule has 0 spiro atoms. The molecule has 2 fully saturated rings. The van der Waals surface area contributed by atoms with Crippen LogP contribution < -0.4 is 0 Å². The molecule has 2 aliphatic heterocycles. The Morgan fingerprint density at radius 1 is 0.673 bits per heavy atom. The number of benzene rings is 3. The molecule has 49 heavy (non-hydrogen) atoms. The van der Waals surface area contributed by atoms with Crippen molar-refractivity contribution in [3.05, 3.63) is 120 Å². The molecule has 11 nitrogen and oxygen atoms in total. The summed E-state index contributed by atoms with van der Waals surface area (Å²) in [4.78, 5) is 0. The van der Waals surface area contributed by atoms with Crippen LogP contribution in [0.2, 0.25) is 0 Å². The van der Waals surface area contributed by atoms with Crippen LogP contribution in [0.1, 0.15) is 16.7 Å². The van der Waals surface area contributed by atoms with Crippen LogP contribution in [-0.4, -0.2) is 106 Å². The van der Waals surface area contributed by atoms with E-state index in [9.17, 15) is 10.2 Å². The molecule has 11 heteroatoms.